The molecule has 0 aromatic carbocycles. The maximum atomic E-state index is 5.66. The summed E-state index contributed by atoms with van der Waals surface area (Å²) in [7, 11) is 1.89. The van der Waals surface area contributed by atoms with E-state index in [0.717, 1.165) is 5.69 Å². The molecule has 0 saturated carbocycles. The molecule has 0 saturated heterocycles. The van der Waals surface area contributed by atoms with E-state index in [1.807, 2.05) is 25.5 Å². The van der Waals surface area contributed by atoms with E-state index < -0.39 is 0 Å². The first-order valence-electron chi connectivity index (χ1n) is 5.06. The largest absolute Gasteiger partial charge is 0.368 e. The summed E-state index contributed by atoms with van der Waals surface area (Å²) < 4.78 is 1.85. The van der Waals surface area contributed by atoms with Gasteiger partial charge in [-0.25, -0.2) is 9.97 Å². The molecule has 0 bridgehead atoms. The predicted molar refractivity (Wildman–Crippen MR) is 60.5 cm³/mol. The fourth-order valence-corrected chi connectivity index (χ4v) is 1.35. The van der Waals surface area contributed by atoms with Crippen molar-refractivity contribution in [3.8, 4) is 11.5 Å². The molecule has 0 atom stereocenters. The van der Waals surface area contributed by atoms with E-state index in [1.165, 1.54) is 0 Å². The van der Waals surface area contributed by atoms with Crippen LogP contribution < -0.4 is 5.73 Å². The number of nitrogens with two attached hydrogens (primary N) is 1. The molecule has 0 fully saturated rings. The van der Waals surface area contributed by atoms with E-state index in [0.29, 0.717) is 11.6 Å². The van der Waals surface area contributed by atoms with Crippen molar-refractivity contribution in [2.45, 2.75) is 19.8 Å². The van der Waals surface area contributed by atoms with Crippen LogP contribution >= 0.6 is 0 Å². The van der Waals surface area contributed by atoms with Crippen LogP contribution in [0.4, 0.5) is 5.95 Å². The maximum absolute atomic E-state index is 5.66. The zero-order valence-corrected chi connectivity index (χ0v) is 9.55. The number of rotatable bonds is 2. The van der Waals surface area contributed by atoms with Gasteiger partial charge in [-0.05, 0) is 0 Å². The molecule has 0 radical (unpaired) electrons. The van der Waals surface area contributed by atoms with E-state index in [4.69, 9.17) is 5.73 Å². The van der Waals surface area contributed by atoms with Gasteiger partial charge in [-0.15, -0.1) is 0 Å². The summed E-state index contributed by atoms with van der Waals surface area (Å²) >= 11 is 0. The number of aryl methyl sites for hydroxylation is 1. The average Bonchev–Trinajstić information content (AvgIpc) is 2.63. The second kappa shape index (κ2) is 3.88. The number of imidazole rings is 1. The molecule has 6 nitrogen and oxygen atoms in total. The highest BCUT2D eigenvalue weighted by Gasteiger charge is 2.11. The fourth-order valence-electron chi connectivity index (χ4n) is 1.35. The van der Waals surface area contributed by atoms with Crippen LogP contribution in [0.2, 0.25) is 0 Å². The first-order valence-corrected chi connectivity index (χ1v) is 5.06. The topological polar surface area (TPSA) is 82.5 Å². The van der Waals surface area contributed by atoms with Gasteiger partial charge in [0.25, 0.3) is 0 Å². The number of aromatic nitrogens is 5. The zero-order chi connectivity index (χ0) is 11.7. The van der Waals surface area contributed by atoms with Crippen molar-refractivity contribution in [3.05, 3.63) is 18.3 Å². The van der Waals surface area contributed by atoms with Crippen molar-refractivity contribution in [1.82, 2.24) is 24.5 Å². The quantitative estimate of drug-likeness (QED) is 0.812. The van der Waals surface area contributed by atoms with Gasteiger partial charge in [0.1, 0.15) is 11.5 Å². The lowest BCUT2D eigenvalue weighted by Gasteiger charge is -2.07. The van der Waals surface area contributed by atoms with Crippen molar-refractivity contribution >= 4 is 5.95 Å². The smallest absolute Gasteiger partial charge is 0.223 e. The normalized spacial score (nSPS) is 11.0. The molecule has 0 aliphatic rings. The molecule has 2 rings (SSSR count). The van der Waals surface area contributed by atoms with E-state index in [9.17, 15) is 0 Å². The summed E-state index contributed by atoms with van der Waals surface area (Å²) in [6, 6.07) is 0. The molecular weight excluding hydrogens is 204 g/mol. The van der Waals surface area contributed by atoms with Gasteiger partial charge < -0.3 is 10.3 Å². The van der Waals surface area contributed by atoms with Gasteiger partial charge in [0.15, 0.2) is 5.82 Å². The Morgan fingerprint density at radius 2 is 2.00 bits per heavy atom. The Morgan fingerprint density at radius 3 is 2.56 bits per heavy atom. The Balaban J connectivity index is 2.54. The monoisotopic (exact) mass is 218 g/mol. The van der Waals surface area contributed by atoms with E-state index in [-0.39, 0.29) is 11.9 Å². The summed E-state index contributed by atoms with van der Waals surface area (Å²) in [5.41, 5.74) is 6.49. The molecule has 2 aromatic heterocycles. The average molecular weight is 218 g/mol. The van der Waals surface area contributed by atoms with Gasteiger partial charge in [-0.2, -0.15) is 9.97 Å². The third-order valence-electron chi connectivity index (χ3n) is 2.23. The molecule has 0 aliphatic carbocycles. The van der Waals surface area contributed by atoms with Crippen LogP contribution in [0, 0.1) is 0 Å². The SMILES string of the molecule is CC(C)c1nc(N)nc(-c2cncn2C)n1. The first-order chi connectivity index (χ1) is 7.58. The second-order valence-electron chi connectivity index (χ2n) is 3.92. The Morgan fingerprint density at radius 1 is 1.25 bits per heavy atom. The van der Waals surface area contributed by atoms with Crippen LogP contribution in [0.5, 0.6) is 0 Å². The minimum absolute atomic E-state index is 0.220. The van der Waals surface area contributed by atoms with Crippen LogP contribution in [-0.2, 0) is 7.05 Å². The molecule has 0 amide bonds. The van der Waals surface area contributed by atoms with Crippen molar-refractivity contribution in [2.75, 3.05) is 5.73 Å². The lowest BCUT2D eigenvalue weighted by atomic mass is 10.2. The summed E-state index contributed by atoms with van der Waals surface area (Å²) in [5.74, 6) is 1.73. The highest BCUT2D eigenvalue weighted by molar-refractivity contribution is 5.49. The van der Waals surface area contributed by atoms with Gasteiger partial charge in [0, 0.05) is 13.0 Å². The molecule has 0 aliphatic heterocycles. The van der Waals surface area contributed by atoms with E-state index in [1.54, 1.807) is 12.5 Å². The van der Waals surface area contributed by atoms with Crippen LogP contribution in [0.25, 0.3) is 11.5 Å². The van der Waals surface area contributed by atoms with Crippen LogP contribution in [0.1, 0.15) is 25.6 Å². The lowest BCUT2D eigenvalue weighted by Crippen LogP contribution is -2.07. The van der Waals surface area contributed by atoms with Crippen molar-refractivity contribution in [1.29, 1.82) is 0 Å². The first kappa shape index (κ1) is 10.5. The Hall–Kier alpha value is -1.98. The summed E-state index contributed by atoms with van der Waals surface area (Å²) in [6.07, 6.45) is 3.41. The van der Waals surface area contributed by atoms with E-state index in [2.05, 4.69) is 19.9 Å². The second-order valence-corrected chi connectivity index (χ2v) is 3.92. The van der Waals surface area contributed by atoms with E-state index >= 15 is 0 Å². The Labute approximate surface area is 93.6 Å². The summed E-state index contributed by atoms with van der Waals surface area (Å²) in [5, 5.41) is 0. The minimum atomic E-state index is 0.220. The van der Waals surface area contributed by atoms with Gasteiger partial charge in [-0.3, -0.25) is 0 Å². The van der Waals surface area contributed by atoms with Gasteiger partial charge in [0.05, 0.1) is 12.5 Å². The van der Waals surface area contributed by atoms with Crippen molar-refractivity contribution < 1.29 is 0 Å². The Bertz CT molecular complexity index is 502. The lowest BCUT2D eigenvalue weighted by molar-refractivity contribution is 0.763. The highest BCUT2D eigenvalue weighted by Crippen LogP contribution is 2.17. The third-order valence-corrected chi connectivity index (χ3v) is 2.23. The molecule has 16 heavy (non-hydrogen) atoms. The molecule has 2 heterocycles. The molecule has 6 heteroatoms. The summed E-state index contributed by atoms with van der Waals surface area (Å²) in [6.45, 7) is 4.03. The molecule has 0 unspecified atom stereocenters. The fraction of sp³-hybridized carbons (Fsp3) is 0.400. The summed E-state index contributed by atoms with van der Waals surface area (Å²) in [4.78, 5) is 16.6. The third kappa shape index (κ3) is 1.86. The minimum Gasteiger partial charge on any atom is -0.368 e. The zero-order valence-electron chi connectivity index (χ0n) is 9.55. The standard InChI is InChI=1S/C10H14N6/c1-6(2)8-13-9(15-10(11)14-8)7-4-12-5-16(7)3/h4-6H,1-3H3,(H2,11,13,14,15). The highest BCUT2D eigenvalue weighted by atomic mass is 15.1. The molecule has 2 N–H and O–H groups in total. The number of hydrogen-bond donors (Lipinski definition) is 1. The van der Waals surface area contributed by atoms with Gasteiger partial charge in [0.2, 0.25) is 5.95 Å². The van der Waals surface area contributed by atoms with Crippen LogP contribution in [0.15, 0.2) is 12.5 Å². The van der Waals surface area contributed by atoms with Gasteiger partial charge >= 0.3 is 0 Å². The molecule has 2 aromatic rings. The molecule has 84 valence electrons. The number of anilines is 1. The Kier molecular flexibility index (Phi) is 2.55. The van der Waals surface area contributed by atoms with Crippen molar-refractivity contribution in [3.63, 3.8) is 0 Å². The molecule has 0 spiro atoms. The van der Waals surface area contributed by atoms with Gasteiger partial charge in [-0.1, -0.05) is 13.8 Å². The van der Waals surface area contributed by atoms with Crippen LogP contribution in [0.3, 0.4) is 0 Å². The van der Waals surface area contributed by atoms with Crippen LogP contribution in [-0.4, -0.2) is 24.5 Å². The maximum Gasteiger partial charge on any atom is 0.223 e. The number of nitrogen functional groups attached to an aromatic ring is 1. The predicted octanol–water partition coefficient (Wildman–Crippen LogP) is 0.978. The number of hydrogen-bond acceptors (Lipinski definition) is 5. The van der Waals surface area contributed by atoms with Crippen molar-refractivity contribution in [2.24, 2.45) is 7.05 Å². The number of nitrogens with zero attached hydrogens (tertiary/aromatic N) is 5. The molecular formula is C10H14N6.